The van der Waals surface area contributed by atoms with Gasteiger partial charge in [0.05, 0.1) is 0 Å². The summed E-state index contributed by atoms with van der Waals surface area (Å²) in [6.07, 6.45) is 5.34. The Kier molecular flexibility index (Phi) is 2.77. The minimum Gasteiger partial charge on any atom is -0.363 e. The number of nitrogens with zero attached hydrogens (tertiary/aromatic N) is 2. The van der Waals surface area contributed by atoms with Crippen LogP contribution in [0.2, 0.25) is 0 Å². The zero-order valence-corrected chi connectivity index (χ0v) is 9.96. The standard InChI is InChI=1S/C12H15N3O3/c16-11(13-10-5-6-18-14-10)7-15(9-3-4-9)12(17)8-1-2-8/h5-6,8-9H,1-4,7H2,(H,13,14,16). The quantitative estimate of drug-likeness (QED) is 0.845. The predicted molar refractivity (Wildman–Crippen MR) is 62.6 cm³/mol. The summed E-state index contributed by atoms with van der Waals surface area (Å²) in [5, 5.41) is 6.22. The van der Waals surface area contributed by atoms with Gasteiger partial charge >= 0.3 is 0 Å². The molecular weight excluding hydrogens is 234 g/mol. The predicted octanol–water partition coefficient (Wildman–Crippen LogP) is 1.01. The molecule has 0 aliphatic heterocycles. The summed E-state index contributed by atoms with van der Waals surface area (Å²) in [6, 6.07) is 1.84. The molecule has 0 radical (unpaired) electrons. The minimum absolute atomic E-state index is 0.118. The number of carbonyl (C=O) groups excluding carboxylic acids is 2. The van der Waals surface area contributed by atoms with Crippen LogP contribution in [-0.2, 0) is 9.59 Å². The molecule has 0 unspecified atom stereocenters. The van der Waals surface area contributed by atoms with Crippen LogP contribution >= 0.6 is 0 Å². The molecule has 2 aliphatic carbocycles. The summed E-state index contributed by atoms with van der Waals surface area (Å²) < 4.78 is 4.63. The Morgan fingerprint density at radius 3 is 2.72 bits per heavy atom. The van der Waals surface area contributed by atoms with Crippen molar-refractivity contribution in [2.75, 3.05) is 11.9 Å². The monoisotopic (exact) mass is 249 g/mol. The van der Waals surface area contributed by atoms with Crippen molar-refractivity contribution >= 4 is 17.6 Å². The number of hydrogen-bond acceptors (Lipinski definition) is 4. The number of amides is 2. The van der Waals surface area contributed by atoms with Crippen LogP contribution in [0.5, 0.6) is 0 Å². The number of aromatic nitrogens is 1. The smallest absolute Gasteiger partial charge is 0.245 e. The van der Waals surface area contributed by atoms with Crippen molar-refractivity contribution in [3.63, 3.8) is 0 Å². The van der Waals surface area contributed by atoms with Crippen molar-refractivity contribution in [3.8, 4) is 0 Å². The summed E-state index contributed by atoms with van der Waals surface area (Å²) in [6.45, 7) is 0.118. The van der Waals surface area contributed by atoms with E-state index in [4.69, 9.17) is 0 Å². The second-order valence-corrected chi connectivity index (χ2v) is 4.90. The number of carbonyl (C=O) groups is 2. The van der Waals surface area contributed by atoms with E-state index in [-0.39, 0.29) is 30.3 Å². The molecule has 1 N–H and O–H groups in total. The zero-order chi connectivity index (χ0) is 12.5. The summed E-state index contributed by atoms with van der Waals surface area (Å²) in [4.78, 5) is 25.6. The van der Waals surface area contributed by atoms with Gasteiger partial charge in [-0.15, -0.1) is 0 Å². The molecule has 1 aromatic rings. The molecule has 2 fully saturated rings. The van der Waals surface area contributed by atoms with E-state index in [9.17, 15) is 9.59 Å². The van der Waals surface area contributed by atoms with Crippen LogP contribution in [0.3, 0.4) is 0 Å². The molecule has 0 spiro atoms. The fourth-order valence-electron chi connectivity index (χ4n) is 1.95. The van der Waals surface area contributed by atoms with Crippen LogP contribution in [0.15, 0.2) is 16.9 Å². The Morgan fingerprint density at radius 1 is 1.39 bits per heavy atom. The number of nitrogens with one attached hydrogen (secondary N) is 1. The largest absolute Gasteiger partial charge is 0.363 e. The van der Waals surface area contributed by atoms with Gasteiger partial charge in [0, 0.05) is 18.0 Å². The molecular formula is C12H15N3O3. The number of hydrogen-bond donors (Lipinski definition) is 1. The van der Waals surface area contributed by atoms with Crippen molar-refractivity contribution < 1.29 is 14.1 Å². The van der Waals surface area contributed by atoms with E-state index in [1.54, 1.807) is 11.0 Å². The van der Waals surface area contributed by atoms with Crippen LogP contribution in [-0.4, -0.2) is 34.5 Å². The highest BCUT2D eigenvalue weighted by molar-refractivity contribution is 5.94. The van der Waals surface area contributed by atoms with Crippen molar-refractivity contribution in [3.05, 3.63) is 12.3 Å². The summed E-state index contributed by atoms with van der Waals surface area (Å²) in [5.74, 6) is 0.456. The lowest BCUT2D eigenvalue weighted by Crippen LogP contribution is -2.40. The van der Waals surface area contributed by atoms with Gasteiger partial charge in [-0.1, -0.05) is 5.16 Å². The maximum atomic E-state index is 12.0. The Morgan fingerprint density at radius 2 is 2.17 bits per heavy atom. The van der Waals surface area contributed by atoms with Gasteiger partial charge in [-0.2, -0.15) is 0 Å². The minimum atomic E-state index is -0.218. The van der Waals surface area contributed by atoms with E-state index in [0.717, 1.165) is 25.7 Å². The van der Waals surface area contributed by atoms with Gasteiger partial charge in [-0.05, 0) is 25.7 Å². The van der Waals surface area contributed by atoms with Crippen LogP contribution in [0, 0.1) is 5.92 Å². The van der Waals surface area contributed by atoms with Crippen molar-refractivity contribution in [1.82, 2.24) is 10.1 Å². The van der Waals surface area contributed by atoms with E-state index in [0.29, 0.717) is 5.82 Å². The van der Waals surface area contributed by atoms with E-state index in [1.807, 2.05) is 0 Å². The third-order valence-corrected chi connectivity index (χ3v) is 3.22. The molecule has 18 heavy (non-hydrogen) atoms. The van der Waals surface area contributed by atoms with Crippen LogP contribution in [0.1, 0.15) is 25.7 Å². The summed E-state index contributed by atoms with van der Waals surface area (Å²) in [7, 11) is 0. The van der Waals surface area contributed by atoms with Crippen LogP contribution in [0.4, 0.5) is 5.82 Å². The molecule has 2 saturated carbocycles. The van der Waals surface area contributed by atoms with Gasteiger partial charge in [-0.3, -0.25) is 9.59 Å². The van der Waals surface area contributed by atoms with Gasteiger partial charge in [-0.25, -0.2) is 0 Å². The van der Waals surface area contributed by atoms with E-state index >= 15 is 0 Å². The number of rotatable bonds is 5. The van der Waals surface area contributed by atoms with Gasteiger partial charge < -0.3 is 14.7 Å². The Balaban J connectivity index is 1.58. The SMILES string of the molecule is O=C(CN(C(=O)C1CC1)C1CC1)Nc1ccon1. The molecule has 1 aromatic heterocycles. The van der Waals surface area contributed by atoms with Crippen molar-refractivity contribution in [2.24, 2.45) is 5.92 Å². The second-order valence-electron chi connectivity index (χ2n) is 4.90. The average Bonchev–Trinajstić information content (AvgIpc) is 3.25. The first-order valence-electron chi connectivity index (χ1n) is 6.25. The lowest BCUT2D eigenvalue weighted by molar-refractivity contribution is -0.136. The third kappa shape index (κ3) is 2.52. The van der Waals surface area contributed by atoms with E-state index in [1.165, 1.54) is 6.26 Å². The molecule has 2 aliphatic rings. The molecule has 0 atom stereocenters. The van der Waals surface area contributed by atoms with Gasteiger partial charge in [0.1, 0.15) is 12.8 Å². The Bertz CT molecular complexity index is 449. The van der Waals surface area contributed by atoms with Crippen molar-refractivity contribution in [1.29, 1.82) is 0 Å². The van der Waals surface area contributed by atoms with Gasteiger partial charge in [0.15, 0.2) is 5.82 Å². The molecule has 0 saturated heterocycles. The molecule has 6 heteroatoms. The lowest BCUT2D eigenvalue weighted by atomic mass is 10.3. The first-order chi connectivity index (χ1) is 8.74. The van der Waals surface area contributed by atoms with Crippen molar-refractivity contribution in [2.45, 2.75) is 31.7 Å². The maximum Gasteiger partial charge on any atom is 0.245 e. The average molecular weight is 249 g/mol. The van der Waals surface area contributed by atoms with E-state index < -0.39 is 0 Å². The fourth-order valence-corrected chi connectivity index (χ4v) is 1.95. The molecule has 1 heterocycles. The first kappa shape index (κ1) is 11.3. The lowest BCUT2D eigenvalue weighted by Gasteiger charge is -2.21. The maximum absolute atomic E-state index is 12.0. The van der Waals surface area contributed by atoms with Gasteiger partial charge in [0.2, 0.25) is 11.8 Å². The summed E-state index contributed by atoms with van der Waals surface area (Å²) >= 11 is 0. The second kappa shape index (κ2) is 4.44. The molecule has 6 nitrogen and oxygen atoms in total. The number of anilines is 1. The first-order valence-corrected chi connectivity index (χ1v) is 6.25. The Hall–Kier alpha value is -1.85. The highest BCUT2D eigenvalue weighted by Gasteiger charge is 2.40. The molecule has 0 aromatic carbocycles. The topological polar surface area (TPSA) is 75.4 Å². The fraction of sp³-hybridized carbons (Fsp3) is 0.583. The molecule has 0 bridgehead atoms. The third-order valence-electron chi connectivity index (χ3n) is 3.22. The Labute approximate surface area is 104 Å². The highest BCUT2D eigenvalue weighted by atomic mass is 16.5. The molecule has 3 rings (SSSR count). The summed E-state index contributed by atoms with van der Waals surface area (Å²) in [5.41, 5.74) is 0. The van der Waals surface area contributed by atoms with Gasteiger partial charge in [0.25, 0.3) is 0 Å². The molecule has 2 amide bonds. The highest BCUT2D eigenvalue weighted by Crippen LogP contribution is 2.35. The normalized spacial score (nSPS) is 18.4. The van der Waals surface area contributed by atoms with Crippen LogP contribution < -0.4 is 5.32 Å². The molecule has 96 valence electrons. The van der Waals surface area contributed by atoms with Crippen LogP contribution in [0.25, 0.3) is 0 Å². The zero-order valence-electron chi connectivity index (χ0n) is 9.96. The van der Waals surface area contributed by atoms with E-state index in [2.05, 4.69) is 15.0 Å².